The van der Waals surface area contributed by atoms with Gasteiger partial charge in [-0.3, -0.25) is 24.7 Å². The van der Waals surface area contributed by atoms with Crippen molar-refractivity contribution in [3.05, 3.63) is 57.1 Å². The van der Waals surface area contributed by atoms with Gasteiger partial charge >= 0.3 is 5.00 Å². The van der Waals surface area contributed by atoms with E-state index in [0.29, 0.717) is 23.1 Å². The van der Waals surface area contributed by atoms with Gasteiger partial charge in [0, 0.05) is 37.1 Å². The van der Waals surface area contributed by atoms with Crippen LogP contribution in [0.15, 0.2) is 47.1 Å². The number of benzene rings is 1. The Morgan fingerprint density at radius 2 is 1.90 bits per heavy atom. The fraction of sp³-hybridized carbons (Fsp3) is 0.300. The molecule has 2 aromatic rings. The van der Waals surface area contributed by atoms with E-state index in [4.69, 9.17) is 4.74 Å². The average Bonchev–Trinajstić information content (AvgIpc) is 3.42. The summed E-state index contributed by atoms with van der Waals surface area (Å²) < 4.78 is 5.42. The van der Waals surface area contributed by atoms with Crippen LogP contribution >= 0.6 is 11.3 Å². The number of carbonyl (C=O) groups excluding carboxylic acids is 1. The third kappa shape index (κ3) is 3.28. The summed E-state index contributed by atoms with van der Waals surface area (Å²) in [6.45, 7) is 4.82. The van der Waals surface area contributed by atoms with E-state index in [9.17, 15) is 14.9 Å². The molecule has 1 fully saturated rings. The second-order valence-electron chi connectivity index (χ2n) is 7.11. The summed E-state index contributed by atoms with van der Waals surface area (Å²) in [5.74, 6) is 0.249. The number of hydrogen-bond acceptors (Lipinski definition) is 8. The van der Waals surface area contributed by atoms with Gasteiger partial charge in [0.05, 0.1) is 29.5 Å². The number of nitro groups is 1. The zero-order chi connectivity index (χ0) is 20.7. The highest BCUT2D eigenvalue weighted by Crippen LogP contribution is 2.42. The number of amides is 1. The molecule has 9 nitrogen and oxygen atoms in total. The lowest BCUT2D eigenvalue weighted by Gasteiger charge is -2.29. The lowest BCUT2D eigenvalue weighted by Crippen LogP contribution is -2.43. The van der Waals surface area contributed by atoms with Crippen LogP contribution in [0.25, 0.3) is 6.08 Å². The van der Waals surface area contributed by atoms with Crippen LogP contribution in [0.1, 0.15) is 4.88 Å². The average molecular weight is 425 g/mol. The number of carbonyl (C=O) groups is 1. The van der Waals surface area contributed by atoms with Crippen LogP contribution in [-0.4, -0.2) is 61.1 Å². The second kappa shape index (κ2) is 7.63. The topological polar surface area (TPSA) is 91.5 Å². The molecule has 0 aliphatic carbocycles. The Morgan fingerprint density at radius 3 is 2.63 bits per heavy atom. The highest BCUT2D eigenvalue weighted by molar-refractivity contribution is 7.16. The number of nitrogens with zero attached hydrogens (tertiary/aromatic N) is 5. The third-order valence-corrected chi connectivity index (χ3v) is 6.32. The summed E-state index contributed by atoms with van der Waals surface area (Å²) in [6, 6.07) is 11.0. The van der Waals surface area contributed by atoms with Gasteiger partial charge in [0.15, 0.2) is 0 Å². The molecule has 0 radical (unpaired) electrons. The Hall–Kier alpha value is -3.08. The van der Waals surface area contributed by atoms with Gasteiger partial charge in [-0.2, -0.15) is 4.99 Å². The first-order valence-electron chi connectivity index (χ1n) is 9.67. The molecular formula is C20H19N5O4S. The highest BCUT2D eigenvalue weighted by Gasteiger charge is 2.42. The van der Waals surface area contributed by atoms with Crippen molar-refractivity contribution in [3.63, 3.8) is 0 Å². The van der Waals surface area contributed by atoms with Crippen molar-refractivity contribution in [2.75, 3.05) is 49.2 Å². The highest BCUT2D eigenvalue weighted by atomic mass is 32.1. The molecule has 3 aliphatic rings. The molecule has 30 heavy (non-hydrogen) atoms. The molecule has 0 bridgehead atoms. The maximum absolute atomic E-state index is 12.7. The molecule has 5 rings (SSSR count). The van der Waals surface area contributed by atoms with Crippen LogP contribution in [0.5, 0.6) is 0 Å². The van der Waals surface area contributed by atoms with Crippen molar-refractivity contribution in [2.45, 2.75) is 0 Å². The number of hydrogen-bond donors (Lipinski definition) is 0. The van der Waals surface area contributed by atoms with E-state index in [1.165, 1.54) is 6.07 Å². The second-order valence-corrected chi connectivity index (χ2v) is 8.20. The van der Waals surface area contributed by atoms with Crippen molar-refractivity contribution < 1.29 is 14.5 Å². The summed E-state index contributed by atoms with van der Waals surface area (Å²) in [5, 5.41) is 11.0. The Bertz CT molecular complexity index is 1070. The molecule has 3 aliphatic heterocycles. The van der Waals surface area contributed by atoms with Crippen LogP contribution in [0.2, 0.25) is 0 Å². The van der Waals surface area contributed by atoms with Crippen LogP contribution < -0.4 is 9.80 Å². The summed E-state index contributed by atoms with van der Waals surface area (Å²) in [6.07, 6.45) is 1.68. The van der Waals surface area contributed by atoms with Gasteiger partial charge in [0.1, 0.15) is 5.70 Å². The van der Waals surface area contributed by atoms with E-state index >= 15 is 0 Å². The van der Waals surface area contributed by atoms with Gasteiger partial charge in [-0.15, -0.1) is 0 Å². The molecule has 1 aromatic heterocycles. The fourth-order valence-corrected chi connectivity index (χ4v) is 4.63. The van der Waals surface area contributed by atoms with E-state index < -0.39 is 4.92 Å². The van der Waals surface area contributed by atoms with E-state index in [0.717, 1.165) is 55.6 Å². The van der Waals surface area contributed by atoms with Crippen LogP contribution in [0, 0.1) is 10.1 Å². The van der Waals surface area contributed by atoms with Gasteiger partial charge in [-0.05, 0) is 24.3 Å². The molecule has 0 unspecified atom stereocenters. The Morgan fingerprint density at radius 1 is 1.13 bits per heavy atom. The summed E-state index contributed by atoms with van der Waals surface area (Å²) in [5.41, 5.74) is 2.30. The van der Waals surface area contributed by atoms with Crippen LogP contribution in [0.4, 0.5) is 16.4 Å². The van der Waals surface area contributed by atoms with E-state index in [-0.39, 0.29) is 10.9 Å². The fourth-order valence-electron chi connectivity index (χ4n) is 3.87. The lowest BCUT2D eigenvalue weighted by atomic mass is 10.2. The minimum absolute atomic E-state index is 0.0439. The lowest BCUT2D eigenvalue weighted by molar-refractivity contribution is -0.380. The number of morpholine rings is 1. The van der Waals surface area contributed by atoms with Gasteiger partial charge in [-0.1, -0.05) is 23.5 Å². The molecule has 10 heteroatoms. The number of thiophene rings is 1. The molecule has 0 N–H and O–H groups in total. The van der Waals surface area contributed by atoms with Gasteiger partial charge < -0.3 is 9.64 Å². The summed E-state index contributed by atoms with van der Waals surface area (Å²) >= 11 is 1.04. The van der Waals surface area contributed by atoms with E-state index in [1.807, 2.05) is 29.2 Å². The Labute approximate surface area is 176 Å². The van der Waals surface area contributed by atoms with E-state index in [2.05, 4.69) is 14.8 Å². The molecule has 4 heterocycles. The molecule has 1 amide bonds. The maximum atomic E-state index is 12.7. The largest absolute Gasteiger partial charge is 0.379 e. The number of aliphatic imine (C=N–C) groups is 1. The zero-order valence-corrected chi connectivity index (χ0v) is 16.9. The van der Waals surface area contributed by atoms with Crippen molar-refractivity contribution in [1.29, 1.82) is 0 Å². The summed E-state index contributed by atoms with van der Waals surface area (Å²) in [4.78, 5) is 34.5. The number of fused-ring (bicyclic) bond motifs is 3. The standard InChI is InChI=1S/C20H19N5O4S/c26-19-17(13-14-5-6-18(30-14)25(27)28)24-16-4-2-1-3-15(16)23(20(24)21-19)8-7-22-9-11-29-12-10-22/h1-6,13H,7-12H2. The number of guanidine groups is 1. The summed E-state index contributed by atoms with van der Waals surface area (Å²) in [7, 11) is 0. The molecule has 1 aromatic carbocycles. The van der Waals surface area contributed by atoms with Gasteiger partial charge in [0.2, 0.25) is 5.96 Å². The Kier molecular flexibility index (Phi) is 4.81. The van der Waals surface area contributed by atoms with Gasteiger partial charge in [-0.25, -0.2) is 0 Å². The molecule has 1 saturated heterocycles. The predicted octanol–water partition coefficient (Wildman–Crippen LogP) is 2.55. The molecule has 0 atom stereocenters. The molecular weight excluding hydrogens is 406 g/mol. The van der Waals surface area contributed by atoms with Crippen molar-refractivity contribution in [1.82, 2.24) is 4.90 Å². The number of para-hydroxylation sites is 2. The molecule has 0 spiro atoms. The first kappa shape index (κ1) is 18.9. The number of ether oxygens (including phenoxy) is 1. The van der Waals surface area contributed by atoms with Gasteiger partial charge in [0.25, 0.3) is 5.91 Å². The minimum atomic E-state index is -0.427. The van der Waals surface area contributed by atoms with Crippen molar-refractivity contribution in [2.24, 2.45) is 4.99 Å². The molecule has 154 valence electrons. The predicted molar refractivity (Wildman–Crippen MR) is 115 cm³/mol. The van der Waals surface area contributed by atoms with Crippen LogP contribution in [0.3, 0.4) is 0 Å². The van der Waals surface area contributed by atoms with Crippen molar-refractivity contribution in [3.8, 4) is 0 Å². The van der Waals surface area contributed by atoms with Crippen molar-refractivity contribution >= 4 is 45.7 Å². The maximum Gasteiger partial charge on any atom is 0.324 e. The number of anilines is 2. The zero-order valence-electron chi connectivity index (χ0n) is 16.1. The minimum Gasteiger partial charge on any atom is -0.379 e. The molecule has 0 saturated carbocycles. The SMILES string of the molecule is O=C1N=C2N(CCN3CCOCC3)c3ccccc3N2C1=Cc1ccc([N+](=O)[O-])s1. The Balaban J connectivity index is 1.45. The quantitative estimate of drug-likeness (QED) is 0.413. The van der Waals surface area contributed by atoms with E-state index in [1.54, 1.807) is 12.1 Å². The normalized spacial score (nSPS) is 19.9. The smallest absolute Gasteiger partial charge is 0.324 e. The van der Waals surface area contributed by atoms with Crippen LogP contribution in [-0.2, 0) is 9.53 Å². The third-order valence-electron chi connectivity index (χ3n) is 5.33. The number of rotatable bonds is 5. The first-order valence-corrected chi connectivity index (χ1v) is 10.5. The first-order chi connectivity index (χ1) is 14.6. The monoisotopic (exact) mass is 425 g/mol.